The van der Waals surface area contributed by atoms with Crippen LogP contribution >= 0.6 is 0 Å². The van der Waals surface area contributed by atoms with Gasteiger partial charge in [-0.05, 0) is 24.3 Å². The monoisotopic (exact) mass is 419 g/mol. The third-order valence-electron chi connectivity index (χ3n) is 4.13. The largest absolute Gasteiger partial charge is 0.454 e. The number of aromatic nitrogens is 2. The molecule has 0 saturated heterocycles. The molecule has 1 aromatic heterocycles. The maximum atomic E-state index is 13.2. The summed E-state index contributed by atoms with van der Waals surface area (Å²) in [6.07, 6.45) is -3.65. The number of nitrogens with zero attached hydrogens (tertiary/aromatic N) is 3. The van der Waals surface area contributed by atoms with E-state index in [0.29, 0.717) is 17.2 Å². The second kappa shape index (κ2) is 7.39. The zero-order valence-electron chi connectivity index (χ0n) is 14.9. The lowest BCUT2D eigenvalue weighted by molar-refractivity contribution is -0.383. The van der Waals surface area contributed by atoms with Gasteiger partial charge in [0.15, 0.2) is 11.5 Å². The molecule has 0 bridgehead atoms. The average Bonchev–Trinajstić information content (AvgIpc) is 3.15. The second-order valence-corrected chi connectivity index (χ2v) is 6.04. The molecule has 30 heavy (non-hydrogen) atoms. The summed E-state index contributed by atoms with van der Waals surface area (Å²) < 4.78 is 50.2. The minimum absolute atomic E-state index is 0.0547. The highest BCUT2D eigenvalue weighted by molar-refractivity contribution is 5.78. The first kappa shape index (κ1) is 19.2. The van der Waals surface area contributed by atoms with Crippen LogP contribution in [0.1, 0.15) is 5.56 Å². The van der Waals surface area contributed by atoms with E-state index in [0.717, 1.165) is 18.5 Å². The third-order valence-corrected chi connectivity index (χ3v) is 4.13. The van der Waals surface area contributed by atoms with Crippen molar-refractivity contribution in [1.82, 2.24) is 9.97 Å². The van der Waals surface area contributed by atoms with Gasteiger partial charge < -0.3 is 20.1 Å². The number of halogens is 3. The van der Waals surface area contributed by atoms with Crippen molar-refractivity contribution < 1.29 is 27.6 Å². The Kier molecular flexibility index (Phi) is 4.74. The predicted octanol–water partition coefficient (Wildman–Crippen LogP) is 4.62. The van der Waals surface area contributed by atoms with Crippen molar-refractivity contribution in [2.75, 3.05) is 17.4 Å². The summed E-state index contributed by atoms with van der Waals surface area (Å²) in [5.41, 5.74) is -1.57. The zero-order chi connectivity index (χ0) is 21.3. The van der Waals surface area contributed by atoms with E-state index in [1.54, 1.807) is 18.2 Å². The van der Waals surface area contributed by atoms with Crippen molar-refractivity contribution in [2.24, 2.45) is 0 Å². The number of benzene rings is 2. The van der Waals surface area contributed by atoms with Crippen LogP contribution in [0.3, 0.4) is 0 Å². The van der Waals surface area contributed by atoms with Crippen LogP contribution < -0.4 is 20.1 Å². The normalized spacial score (nSPS) is 12.5. The Morgan fingerprint density at radius 1 is 1.00 bits per heavy atom. The van der Waals surface area contributed by atoms with Crippen molar-refractivity contribution in [1.29, 1.82) is 0 Å². The number of hydrogen-bond acceptors (Lipinski definition) is 8. The summed E-state index contributed by atoms with van der Waals surface area (Å²) in [6, 6.07) is 9.36. The lowest BCUT2D eigenvalue weighted by atomic mass is 10.1. The molecule has 3 aromatic rings. The number of para-hydroxylation sites is 1. The lowest BCUT2D eigenvalue weighted by Crippen LogP contribution is -2.10. The van der Waals surface area contributed by atoms with Gasteiger partial charge in [-0.15, -0.1) is 0 Å². The molecule has 2 aromatic carbocycles. The number of ether oxygens (including phenoxy) is 2. The Morgan fingerprint density at radius 2 is 1.70 bits per heavy atom. The van der Waals surface area contributed by atoms with Gasteiger partial charge in [0.05, 0.1) is 16.2 Å². The van der Waals surface area contributed by atoms with E-state index in [1.807, 2.05) is 0 Å². The van der Waals surface area contributed by atoms with E-state index in [9.17, 15) is 23.3 Å². The van der Waals surface area contributed by atoms with Gasteiger partial charge in [-0.3, -0.25) is 10.1 Å². The van der Waals surface area contributed by atoms with Gasteiger partial charge in [0.1, 0.15) is 6.33 Å². The third kappa shape index (κ3) is 3.74. The molecule has 12 heteroatoms. The van der Waals surface area contributed by atoms with Crippen LogP contribution in [0.2, 0.25) is 0 Å². The maximum absolute atomic E-state index is 13.2. The van der Waals surface area contributed by atoms with Gasteiger partial charge in [-0.1, -0.05) is 12.1 Å². The fraction of sp³-hybridized carbons (Fsp3) is 0.111. The number of nitro groups is 1. The molecule has 0 unspecified atom stereocenters. The molecule has 0 radical (unpaired) electrons. The maximum Gasteiger partial charge on any atom is 0.418 e. The Bertz CT molecular complexity index is 1120. The van der Waals surface area contributed by atoms with Gasteiger partial charge in [0.2, 0.25) is 18.4 Å². The van der Waals surface area contributed by atoms with Crippen LogP contribution in [0.4, 0.5) is 41.9 Å². The Balaban J connectivity index is 1.70. The molecule has 2 heterocycles. The van der Waals surface area contributed by atoms with Crippen molar-refractivity contribution in [3.63, 3.8) is 0 Å². The molecule has 1 aliphatic heterocycles. The topological polar surface area (TPSA) is 111 Å². The number of alkyl halides is 3. The van der Waals surface area contributed by atoms with E-state index in [1.165, 1.54) is 12.1 Å². The molecule has 2 N–H and O–H groups in total. The van der Waals surface area contributed by atoms with Crippen LogP contribution in [0.5, 0.6) is 11.5 Å². The van der Waals surface area contributed by atoms with Crippen molar-refractivity contribution in [3.05, 3.63) is 64.5 Å². The van der Waals surface area contributed by atoms with E-state index in [-0.39, 0.29) is 18.3 Å². The molecular formula is C18H12F3N5O4. The first-order valence-electron chi connectivity index (χ1n) is 8.42. The number of nitrogens with one attached hydrogen (secondary N) is 2. The van der Waals surface area contributed by atoms with Crippen molar-refractivity contribution in [2.45, 2.75) is 6.18 Å². The first-order chi connectivity index (χ1) is 14.3. The summed E-state index contributed by atoms with van der Waals surface area (Å²) in [5.74, 6) is 0.355. The molecule has 0 atom stereocenters. The Morgan fingerprint density at radius 3 is 2.43 bits per heavy atom. The second-order valence-electron chi connectivity index (χ2n) is 6.04. The molecule has 9 nitrogen and oxygen atoms in total. The highest BCUT2D eigenvalue weighted by Crippen LogP contribution is 2.40. The fourth-order valence-electron chi connectivity index (χ4n) is 2.81. The molecule has 154 valence electrons. The Labute approximate surface area is 166 Å². The highest BCUT2D eigenvalue weighted by atomic mass is 19.4. The van der Waals surface area contributed by atoms with Crippen LogP contribution in [0, 0.1) is 10.1 Å². The number of rotatable bonds is 5. The first-order valence-corrected chi connectivity index (χ1v) is 8.42. The SMILES string of the molecule is O=[N+]([O-])c1c(Nc2ccc3c(c2)OCO3)ncnc1Nc1ccccc1C(F)(F)F. The van der Waals surface area contributed by atoms with E-state index in [2.05, 4.69) is 20.6 Å². The van der Waals surface area contributed by atoms with Gasteiger partial charge >= 0.3 is 11.9 Å². The van der Waals surface area contributed by atoms with Crippen LogP contribution in [0.15, 0.2) is 48.8 Å². The molecule has 1 aliphatic rings. The smallest absolute Gasteiger partial charge is 0.418 e. The zero-order valence-corrected chi connectivity index (χ0v) is 14.9. The minimum atomic E-state index is -4.65. The average molecular weight is 419 g/mol. The van der Waals surface area contributed by atoms with Crippen molar-refractivity contribution in [3.8, 4) is 11.5 Å². The van der Waals surface area contributed by atoms with Crippen molar-refractivity contribution >= 4 is 28.7 Å². The fourth-order valence-corrected chi connectivity index (χ4v) is 2.81. The molecule has 0 amide bonds. The molecular weight excluding hydrogens is 407 g/mol. The van der Waals surface area contributed by atoms with Gasteiger partial charge in [0.25, 0.3) is 0 Å². The minimum Gasteiger partial charge on any atom is -0.454 e. The number of fused-ring (bicyclic) bond motifs is 1. The lowest BCUT2D eigenvalue weighted by Gasteiger charge is -2.14. The summed E-state index contributed by atoms with van der Waals surface area (Å²) in [6.45, 7) is 0.0547. The molecule has 0 aliphatic carbocycles. The number of anilines is 4. The molecule has 0 spiro atoms. The summed E-state index contributed by atoms with van der Waals surface area (Å²) in [4.78, 5) is 18.5. The number of hydrogen-bond donors (Lipinski definition) is 2. The van der Waals surface area contributed by atoms with Gasteiger partial charge in [-0.2, -0.15) is 13.2 Å². The van der Waals surface area contributed by atoms with Crippen LogP contribution in [-0.4, -0.2) is 21.7 Å². The van der Waals surface area contributed by atoms with E-state index < -0.39 is 28.2 Å². The van der Waals surface area contributed by atoms with Crippen LogP contribution in [0.25, 0.3) is 0 Å². The van der Waals surface area contributed by atoms with Gasteiger partial charge in [0, 0.05) is 11.8 Å². The summed E-state index contributed by atoms with van der Waals surface area (Å²) >= 11 is 0. The van der Waals surface area contributed by atoms with E-state index >= 15 is 0 Å². The molecule has 4 rings (SSSR count). The van der Waals surface area contributed by atoms with Gasteiger partial charge in [-0.25, -0.2) is 9.97 Å². The quantitative estimate of drug-likeness (QED) is 0.455. The summed E-state index contributed by atoms with van der Waals surface area (Å²) in [7, 11) is 0. The highest BCUT2D eigenvalue weighted by Gasteiger charge is 2.34. The van der Waals surface area contributed by atoms with Crippen LogP contribution in [-0.2, 0) is 6.18 Å². The molecule has 0 saturated carbocycles. The standard InChI is InChI=1S/C18H12F3N5O4/c19-18(20,21)11-3-1-2-4-12(11)25-17-15(26(27)28)16(22-8-23-17)24-10-5-6-13-14(7-10)30-9-29-13/h1-8H,9H2,(H2,22,23,24,25). The van der Waals surface area contributed by atoms with E-state index in [4.69, 9.17) is 9.47 Å². The predicted molar refractivity (Wildman–Crippen MR) is 99.3 cm³/mol. The summed E-state index contributed by atoms with van der Waals surface area (Å²) in [5, 5.41) is 16.8. The Hall–Kier alpha value is -4.09. The molecule has 0 fully saturated rings.